The number of hydrogen-bond donors (Lipinski definition) is 0. The summed E-state index contributed by atoms with van der Waals surface area (Å²) in [7, 11) is 1.88. The van der Waals surface area contributed by atoms with E-state index < -0.39 is 5.82 Å². The van der Waals surface area contributed by atoms with E-state index in [-0.39, 0.29) is 6.10 Å². The lowest BCUT2D eigenvalue weighted by Gasteiger charge is -2.33. The summed E-state index contributed by atoms with van der Waals surface area (Å²) in [5.74, 6) is 0.249. The first-order valence-electron chi connectivity index (χ1n) is 9.51. The molecule has 1 fully saturated rings. The topological polar surface area (TPSA) is 69.0 Å². The first kappa shape index (κ1) is 18.9. The summed E-state index contributed by atoms with van der Waals surface area (Å²) in [4.78, 5) is 15.7. The second-order valence-corrected chi connectivity index (χ2v) is 7.57. The number of pyridine rings is 1. The van der Waals surface area contributed by atoms with Crippen LogP contribution >= 0.6 is 11.6 Å². The fourth-order valence-electron chi connectivity index (χ4n) is 3.66. The molecule has 0 N–H and O–H groups in total. The molecule has 0 saturated carbocycles. The minimum absolute atomic E-state index is 0.123. The van der Waals surface area contributed by atoms with Crippen LogP contribution in [0.2, 0.25) is 5.02 Å². The Labute approximate surface area is 177 Å². The van der Waals surface area contributed by atoms with Crippen LogP contribution in [0.1, 0.15) is 11.7 Å². The Kier molecular flexibility index (Phi) is 4.80. The van der Waals surface area contributed by atoms with Gasteiger partial charge in [0.05, 0.1) is 18.3 Å². The van der Waals surface area contributed by atoms with Crippen molar-refractivity contribution in [2.24, 2.45) is 7.05 Å². The monoisotopic (exact) mass is 424 g/mol. The lowest BCUT2D eigenvalue weighted by molar-refractivity contribution is 0.0395. The number of anilines is 1. The third-order valence-corrected chi connectivity index (χ3v) is 5.35. The molecule has 152 valence electrons. The summed E-state index contributed by atoms with van der Waals surface area (Å²) in [6.07, 6.45) is 6.83. The van der Waals surface area contributed by atoms with E-state index in [2.05, 4.69) is 20.0 Å². The van der Waals surface area contributed by atoms with Crippen LogP contribution in [0.15, 0.2) is 49.1 Å². The number of ether oxygens (including phenoxy) is 1. The van der Waals surface area contributed by atoms with E-state index in [1.54, 1.807) is 29.2 Å². The molecule has 0 aliphatic carbocycles. The molecule has 0 radical (unpaired) electrons. The molecular weight excluding hydrogens is 407 g/mol. The van der Waals surface area contributed by atoms with Crippen LogP contribution in [0.25, 0.3) is 22.3 Å². The standard InChI is InChI=1S/C21H18ClFN6O/c1-28-11-13(10-26-28)18-12-29(6-7-30-18)19-9-17-21(25-5-4-24-17)20(27-19)15-3-2-14(22)8-16(15)23/h2-5,8-11,18H,6-7,12H2,1H3. The van der Waals surface area contributed by atoms with Crippen molar-refractivity contribution in [3.63, 3.8) is 0 Å². The van der Waals surface area contributed by atoms with Crippen molar-refractivity contribution in [3.8, 4) is 11.3 Å². The number of benzene rings is 1. The zero-order chi connectivity index (χ0) is 20.7. The summed E-state index contributed by atoms with van der Waals surface area (Å²) in [5.41, 5.74) is 2.97. The number of hydrogen-bond acceptors (Lipinski definition) is 6. The van der Waals surface area contributed by atoms with Gasteiger partial charge < -0.3 is 9.64 Å². The Morgan fingerprint density at radius 2 is 2.07 bits per heavy atom. The van der Waals surface area contributed by atoms with Gasteiger partial charge in [-0.2, -0.15) is 5.10 Å². The van der Waals surface area contributed by atoms with Crippen molar-refractivity contribution in [1.82, 2.24) is 24.7 Å². The van der Waals surface area contributed by atoms with E-state index in [4.69, 9.17) is 21.3 Å². The Bertz CT molecular complexity index is 1230. The van der Waals surface area contributed by atoms with Gasteiger partial charge in [-0.1, -0.05) is 11.6 Å². The van der Waals surface area contributed by atoms with Crippen LogP contribution < -0.4 is 4.90 Å². The van der Waals surface area contributed by atoms with Crippen LogP contribution in [0.4, 0.5) is 10.2 Å². The van der Waals surface area contributed by atoms with Crippen LogP contribution in [-0.4, -0.2) is 44.4 Å². The molecule has 1 aliphatic heterocycles. The summed E-state index contributed by atoms with van der Waals surface area (Å²) in [5, 5.41) is 4.56. The number of morpholine rings is 1. The molecule has 4 aromatic rings. The van der Waals surface area contributed by atoms with Crippen LogP contribution in [0.5, 0.6) is 0 Å². The van der Waals surface area contributed by atoms with Crippen molar-refractivity contribution in [2.75, 3.05) is 24.6 Å². The molecule has 5 rings (SSSR count). The minimum Gasteiger partial charge on any atom is -0.370 e. The van der Waals surface area contributed by atoms with Crippen molar-refractivity contribution >= 4 is 28.5 Å². The average molecular weight is 425 g/mol. The molecule has 1 atom stereocenters. The van der Waals surface area contributed by atoms with E-state index in [0.717, 1.165) is 5.56 Å². The predicted octanol–water partition coefficient (Wildman–Crippen LogP) is 3.80. The zero-order valence-electron chi connectivity index (χ0n) is 16.2. The van der Waals surface area contributed by atoms with Crippen molar-refractivity contribution in [2.45, 2.75) is 6.10 Å². The highest BCUT2D eigenvalue weighted by Gasteiger charge is 2.25. The van der Waals surface area contributed by atoms with Gasteiger partial charge in [0, 0.05) is 60.9 Å². The van der Waals surface area contributed by atoms with E-state index in [0.29, 0.717) is 52.8 Å². The van der Waals surface area contributed by atoms with E-state index in [1.165, 1.54) is 6.07 Å². The van der Waals surface area contributed by atoms with Crippen LogP contribution in [-0.2, 0) is 11.8 Å². The molecule has 1 unspecified atom stereocenters. The van der Waals surface area contributed by atoms with Gasteiger partial charge in [-0.05, 0) is 18.2 Å². The quantitative estimate of drug-likeness (QED) is 0.498. The number of halogens is 2. The first-order valence-corrected chi connectivity index (χ1v) is 9.88. The molecular formula is C21H18ClFN6O. The largest absolute Gasteiger partial charge is 0.370 e. The normalized spacial score (nSPS) is 16.9. The molecule has 0 bridgehead atoms. The molecule has 1 aliphatic rings. The minimum atomic E-state index is -0.450. The summed E-state index contributed by atoms with van der Waals surface area (Å²) in [6.45, 7) is 1.81. The molecule has 4 heterocycles. The lowest BCUT2D eigenvalue weighted by Crippen LogP contribution is -2.38. The molecule has 3 aromatic heterocycles. The molecule has 1 aromatic carbocycles. The number of aryl methyl sites for hydroxylation is 1. The molecule has 0 spiro atoms. The van der Waals surface area contributed by atoms with Crippen molar-refractivity contribution in [3.05, 3.63) is 65.5 Å². The highest BCUT2D eigenvalue weighted by atomic mass is 35.5. The SMILES string of the molecule is Cn1cc(C2CN(c3cc4nccnc4c(-c4ccc(Cl)cc4F)n3)CCO2)cn1. The predicted molar refractivity (Wildman–Crippen MR) is 112 cm³/mol. The number of aromatic nitrogens is 5. The van der Waals surface area contributed by atoms with Crippen molar-refractivity contribution < 1.29 is 9.13 Å². The Morgan fingerprint density at radius 3 is 2.87 bits per heavy atom. The van der Waals surface area contributed by atoms with E-state index >= 15 is 0 Å². The third-order valence-electron chi connectivity index (χ3n) is 5.12. The Morgan fingerprint density at radius 1 is 1.20 bits per heavy atom. The summed E-state index contributed by atoms with van der Waals surface area (Å²) >= 11 is 5.93. The van der Waals surface area contributed by atoms with E-state index in [1.807, 2.05) is 25.5 Å². The zero-order valence-corrected chi connectivity index (χ0v) is 16.9. The second kappa shape index (κ2) is 7.62. The van der Waals surface area contributed by atoms with Gasteiger partial charge in [0.25, 0.3) is 0 Å². The van der Waals surface area contributed by atoms with Crippen molar-refractivity contribution in [1.29, 1.82) is 0 Å². The van der Waals surface area contributed by atoms with Gasteiger partial charge in [0.1, 0.15) is 28.9 Å². The first-order chi connectivity index (χ1) is 14.6. The Hall–Kier alpha value is -3.10. The fourth-order valence-corrected chi connectivity index (χ4v) is 3.81. The Balaban J connectivity index is 1.58. The average Bonchev–Trinajstić information content (AvgIpc) is 3.20. The smallest absolute Gasteiger partial charge is 0.134 e. The molecule has 9 heteroatoms. The van der Waals surface area contributed by atoms with Crippen LogP contribution in [0.3, 0.4) is 0 Å². The van der Waals surface area contributed by atoms with Gasteiger partial charge in [0.2, 0.25) is 0 Å². The van der Waals surface area contributed by atoms with E-state index in [9.17, 15) is 4.39 Å². The maximum atomic E-state index is 14.7. The highest BCUT2D eigenvalue weighted by molar-refractivity contribution is 6.30. The highest BCUT2D eigenvalue weighted by Crippen LogP contribution is 2.32. The fraction of sp³-hybridized carbons (Fsp3) is 0.238. The van der Waals surface area contributed by atoms with Gasteiger partial charge >= 0.3 is 0 Å². The molecule has 0 amide bonds. The third kappa shape index (κ3) is 3.48. The van der Waals surface area contributed by atoms with Gasteiger partial charge in [-0.3, -0.25) is 14.6 Å². The van der Waals surface area contributed by atoms with Gasteiger partial charge in [-0.15, -0.1) is 0 Å². The number of nitrogens with zero attached hydrogens (tertiary/aromatic N) is 6. The molecule has 7 nitrogen and oxygen atoms in total. The maximum absolute atomic E-state index is 14.7. The molecule has 1 saturated heterocycles. The molecule has 30 heavy (non-hydrogen) atoms. The summed E-state index contributed by atoms with van der Waals surface area (Å²) in [6, 6.07) is 6.42. The van der Waals surface area contributed by atoms with Gasteiger partial charge in [-0.25, -0.2) is 9.37 Å². The van der Waals surface area contributed by atoms with Gasteiger partial charge in [0.15, 0.2) is 0 Å². The summed E-state index contributed by atoms with van der Waals surface area (Å²) < 4.78 is 22.4. The number of fused-ring (bicyclic) bond motifs is 1. The number of rotatable bonds is 3. The lowest BCUT2D eigenvalue weighted by atomic mass is 10.1. The maximum Gasteiger partial charge on any atom is 0.134 e. The van der Waals surface area contributed by atoms with Crippen LogP contribution in [0, 0.1) is 5.82 Å². The second-order valence-electron chi connectivity index (χ2n) is 7.13.